The van der Waals surface area contributed by atoms with Gasteiger partial charge in [-0.05, 0) is 83.3 Å². The average Bonchev–Trinajstić information content (AvgIpc) is 3.26. The minimum absolute atomic E-state index is 0.105. The third-order valence-corrected chi connectivity index (χ3v) is 9.25. The number of primary amides is 1. The first-order valence-electron chi connectivity index (χ1n) is 12.3. The Labute approximate surface area is 232 Å². The van der Waals surface area contributed by atoms with E-state index in [9.17, 15) is 14.7 Å². The van der Waals surface area contributed by atoms with Gasteiger partial charge in [-0.3, -0.25) is 9.78 Å². The predicted octanol–water partition coefficient (Wildman–Crippen LogP) is 4.62. The Balaban J connectivity index is 1.38. The van der Waals surface area contributed by atoms with Crippen LogP contribution in [-0.2, 0) is 23.2 Å². The molecule has 3 heterocycles. The second-order valence-corrected chi connectivity index (χ2v) is 12.4. The van der Waals surface area contributed by atoms with E-state index in [0.29, 0.717) is 56.2 Å². The fourth-order valence-electron chi connectivity index (χ4n) is 6.17. The normalized spacial score (nSPS) is 24.3. The molecular formula is C26H29Br2ClN4O3. The van der Waals surface area contributed by atoms with Crippen molar-refractivity contribution in [3.8, 4) is 0 Å². The number of amides is 3. The van der Waals surface area contributed by atoms with E-state index >= 15 is 0 Å². The molecule has 2 atom stereocenters. The fourth-order valence-corrected chi connectivity index (χ4v) is 7.73. The van der Waals surface area contributed by atoms with Crippen LogP contribution >= 0.6 is 43.5 Å². The van der Waals surface area contributed by atoms with Crippen LogP contribution in [0.3, 0.4) is 0 Å². The van der Waals surface area contributed by atoms with Crippen LogP contribution in [0.5, 0.6) is 0 Å². The van der Waals surface area contributed by atoms with E-state index in [1.165, 1.54) is 0 Å². The van der Waals surface area contributed by atoms with Gasteiger partial charge in [0.05, 0.1) is 5.69 Å². The Hall–Kier alpha value is -1.68. The van der Waals surface area contributed by atoms with E-state index < -0.39 is 11.6 Å². The number of halogens is 3. The van der Waals surface area contributed by atoms with Crippen LogP contribution in [0.2, 0.25) is 5.02 Å². The highest BCUT2D eigenvalue weighted by atomic mass is 79.9. The lowest BCUT2D eigenvalue weighted by Gasteiger charge is -2.43. The second-order valence-electron chi connectivity index (χ2n) is 10.1. The molecule has 1 aromatic carbocycles. The Bertz CT molecular complexity index is 1200. The first kappa shape index (κ1) is 25.9. The van der Waals surface area contributed by atoms with E-state index in [-0.39, 0.29) is 17.7 Å². The number of aromatic nitrogens is 1. The number of urea groups is 1. The summed E-state index contributed by atoms with van der Waals surface area (Å²) in [6, 6.07) is 5.41. The first-order valence-corrected chi connectivity index (χ1v) is 14.3. The molecule has 3 aliphatic rings. The van der Waals surface area contributed by atoms with Gasteiger partial charge in [0.1, 0.15) is 5.60 Å². The van der Waals surface area contributed by atoms with Crippen molar-refractivity contribution in [1.29, 1.82) is 0 Å². The Morgan fingerprint density at radius 1 is 1.08 bits per heavy atom. The highest BCUT2D eigenvalue weighted by Gasteiger charge is 2.48. The second kappa shape index (κ2) is 10.2. The molecule has 3 N–H and O–H groups in total. The zero-order chi connectivity index (χ0) is 25.6. The molecule has 7 nitrogen and oxygen atoms in total. The minimum Gasteiger partial charge on any atom is -0.378 e. The van der Waals surface area contributed by atoms with E-state index in [4.69, 9.17) is 22.3 Å². The van der Waals surface area contributed by atoms with E-state index in [1.807, 2.05) is 23.1 Å². The van der Waals surface area contributed by atoms with Gasteiger partial charge in [-0.25, -0.2) is 4.79 Å². The largest absolute Gasteiger partial charge is 0.378 e. The van der Waals surface area contributed by atoms with Crippen LogP contribution in [0, 0.1) is 11.8 Å². The Morgan fingerprint density at radius 3 is 2.47 bits per heavy atom. The number of nitrogens with two attached hydrogens (primary N) is 1. The molecule has 1 aromatic heterocycles. The molecule has 0 saturated carbocycles. The lowest BCUT2D eigenvalue weighted by atomic mass is 9.72. The number of aryl methyl sites for hydroxylation is 2. The molecule has 0 radical (unpaired) electrons. The predicted molar refractivity (Wildman–Crippen MR) is 145 cm³/mol. The quantitative estimate of drug-likeness (QED) is 0.512. The Morgan fingerprint density at radius 2 is 1.78 bits per heavy atom. The fraction of sp³-hybridized carbons (Fsp3) is 0.500. The number of likely N-dealkylation sites (tertiary alicyclic amines) is 2. The maximum Gasteiger partial charge on any atom is 0.314 e. The molecule has 2 unspecified atom stereocenters. The number of hydrogen-bond acceptors (Lipinski definition) is 4. The van der Waals surface area contributed by atoms with Gasteiger partial charge >= 0.3 is 6.03 Å². The van der Waals surface area contributed by atoms with Gasteiger partial charge in [0.15, 0.2) is 0 Å². The van der Waals surface area contributed by atoms with Crippen molar-refractivity contribution in [2.75, 3.05) is 26.2 Å². The highest BCUT2D eigenvalue weighted by molar-refractivity contribution is 9.10. The number of carbonyl (C=O) groups excluding carboxylic acids is 2. The van der Waals surface area contributed by atoms with Crippen LogP contribution in [0.4, 0.5) is 4.79 Å². The lowest BCUT2D eigenvalue weighted by molar-refractivity contribution is -0.135. The topological polar surface area (TPSA) is 99.8 Å². The maximum absolute atomic E-state index is 13.1. The zero-order valence-corrected chi connectivity index (χ0v) is 23.8. The molecule has 5 rings (SSSR count). The molecule has 0 bridgehead atoms. The highest BCUT2D eigenvalue weighted by Crippen LogP contribution is 2.49. The van der Waals surface area contributed by atoms with E-state index in [1.54, 1.807) is 11.1 Å². The number of rotatable bonds is 3. The van der Waals surface area contributed by atoms with Gasteiger partial charge < -0.3 is 20.6 Å². The summed E-state index contributed by atoms with van der Waals surface area (Å²) >= 11 is 13.6. The molecule has 10 heteroatoms. The van der Waals surface area contributed by atoms with Crippen molar-refractivity contribution in [2.45, 2.75) is 44.1 Å². The van der Waals surface area contributed by atoms with Crippen molar-refractivity contribution in [2.24, 2.45) is 17.6 Å². The molecule has 2 fully saturated rings. The monoisotopic (exact) mass is 638 g/mol. The van der Waals surface area contributed by atoms with Gasteiger partial charge in [-0.2, -0.15) is 0 Å². The van der Waals surface area contributed by atoms with Crippen molar-refractivity contribution >= 4 is 55.4 Å². The summed E-state index contributed by atoms with van der Waals surface area (Å²) in [6.45, 7) is 2.31. The van der Waals surface area contributed by atoms with Crippen LogP contribution in [-0.4, -0.2) is 58.0 Å². The summed E-state index contributed by atoms with van der Waals surface area (Å²) in [7, 11) is 0. The number of fused-ring (bicyclic) bond motifs is 2. The summed E-state index contributed by atoms with van der Waals surface area (Å²) in [6.07, 6.45) is 5.79. The molecule has 1 aliphatic carbocycles. The van der Waals surface area contributed by atoms with Crippen LogP contribution in [0.15, 0.2) is 33.3 Å². The number of hydrogen-bond donors (Lipinski definition) is 2. The van der Waals surface area contributed by atoms with Crippen molar-refractivity contribution in [3.05, 3.63) is 60.7 Å². The molecule has 192 valence electrons. The molecule has 2 saturated heterocycles. The van der Waals surface area contributed by atoms with Crippen molar-refractivity contribution in [1.82, 2.24) is 14.8 Å². The average molecular weight is 641 g/mol. The number of pyridine rings is 1. The van der Waals surface area contributed by atoms with Gasteiger partial charge in [-0.15, -0.1) is 0 Å². The van der Waals surface area contributed by atoms with Gasteiger partial charge in [0.2, 0.25) is 5.91 Å². The molecule has 0 spiro atoms. The molecule has 3 amide bonds. The number of benzene rings is 1. The van der Waals surface area contributed by atoms with Crippen LogP contribution in [0.1, 0.15) is 48.1 Å². The number of piperidine rings is 1. The zero-order valence-electron chi connectivity index (χ0n) is 19.9. The first-order chi connectivity index (χ1) is 17.2. The number of nitrogens with zero attached hydrogens (tertiary/aromatic N) is 3. The van der Waals surface area contributed by atoms with Gasteiger partial charge in [-0.1, -0.05) is 27.5 Å². The van der Waals surface area contributed by atoms with Gasteiger partial charge in [0, 0.05) is 64.2 Å². The summed E-state index contributed by atoms with van der Waals surface area (Å²) in [5, 5.41) is 13.2. The maximum atomic E-state index is 13.1. The third kappa shape index (κ3) is 4.79. The summed E-state index contributed by atoms with van der Waals surface area (Å²) in [5.74, 6) is 0.143. The lowest BCUT2D eigenvalue weighted by Crippen LogP contribution is -2.47. The summed E-state index contributed by atoms with van der Waals surface area (Å²) in [4.78, 5) is 32.7. The van der Waals surface area contributed by atoms with Gasteiger partial charge in [0.25, 0.3) is 0 Å². The van der Waals surface area contributed by atoms with Crippen LogP contribution in [0.25, 0.3) is 0 Å². The van der Waals surface area contributed by atoms with E-state index in [0.717, 1.165) is 44.9 Å². The van der Waals surface area contributed by atoms with Crippen LogP contribution < -0.4 is 5.73 Å². The SMILES string of the molecule is NC(=O)N1CCC(CC(=O)N2CCC(C3(O)c4ncc(Br)cc4CCc4cc(Cl)cc(Br)c43)CC2)C1. The Kier molecular flexibility index (Phi) is 7.38. The molecule has 2 aliphatic heterocycles. The standard InChI is InChI=1S/C26H29Br2ClN4O3/c27-19-10-17-2-1-16-11-20(29)12-21(28)23(16)26(36,24(17)31-13-19)18-4-7-32(8-5-18)22(34)9-15-3-6-33(14-15)25(30)35/h10-13,15,18,36H,1-9,14H2,(H2,30,35). The smallest absolute Gasteiger partial charge is 0.314 e. The molecular weight excluding hydrogens is 612 g/mol. The number of carbonyl (C=O) groups is 2. The third-order valence-electron chi connectivity index (χ3n) is 7.98. The minimum atomic E-state index is -1.30. The summed E-state index contributed by atoms with van der Waals surface area (Å²) in [5.41, 5.74) is 7.65. The molecule has 2 aromatic rings. The molecule has 36 heavy (non-hydrogen) atoms. The summed E-state index contributed by atoms with van der Waals surface area (Å²) < 4.78 is 1.66. The number of aliphatic hydroxyl groups is 1. The van der Waals surface area contributed by atoms with Crippen molar-refractivity contribution < 1.29 is 14.7 Å². The van der Waals surface area contributed by atoms with E-state index in [2.05, 4.69) is 31.9 Å². The van der Waals surface area contributed by atoms with Crippen molar-refractivity contribution in [3.63, 3.8) is 0 Å².